The number of thioether (sulfide) groups is 1. The Morgan fingerprint density at radius 1 is 1.33 bits per heavy atom. The molecule has 3 N–H and O–H groups in total. The predicted molar refractivity (Wildman–Crippen MR) is 56.7 cm³/mol. The molecule has 15 heavy (non-hydrogen) atoms. The zero-order valence-corrected chi connectivity index (χ0v) is 9.68. The van der Waals surface area contributed by atoms with Crippen molar-refractivity contribution in [2.75, 3.05) is 19.5 Å². The number of methoxy groups -OCH3 is 1. The summed E-state index contributed by atoms with van der Waals surface area (Å²) in [5.41, 5.74) is -0.458. The lowest BCUT2D eigenvalue weighted by molar-refractivity contribution is -0.213. The van der Waals surface area contributed by atoms with E-state index < -0.39 is 29.9 Å². The van der Waals surface area contributed by atoms with E-state index in [0.29, 0.717) is 0 Å². The van der Waals surface area contributed by atoms with Crippen molar-refractivity contribution in [3.8, 4) is 0 Å². The second-order valence-corrected chi connectivity index (χ2v) is 4.74. The number of rotatable bonds is 4. The van der Waals surface area contributed by atoms with Crippen molar-refractivity contribution in [2.45, 2.75) is 36.8 Å². The monoisotopic (exact) mass is 238 g/mol. The van der Waals surface area contributed by atoms with Gasteiger partial charge in [0.1, 0.15) is 29.9 Å². The van der Waals surface area contributed by atoms with E-state index >= 15 is 0 Å². The van der Waals surface area contributed by atoms with Crippen LogP contribution in [0.5, 0.6) is 0 Å². The minimum absolute atomic E-state index is 0.283. The van der Waals surface area contributed by atoms with Crippen molar-refractivity contribution >= 4 is 11.8 Å². The van der Waals surface area contributed by atoms with Crippen LogP contribution >= 0.6 is 11.8 Å². The molecule has 5 atom stereocenters. The highest BCUT2D eigenvalue weighted by Crippen LogP contribution is 2.29. The third kappa shape index (κ3) is 2.83. The summed E-state index contributed by atoms with van der Waals surface area (Å²) in [6, 6.07) is 0. The first-order valence-electron chi connectivity index (χ1n) is 4.92. The fraction of sp³-hybridized carbons (Fsp3) is 1.00. The fourth-order valence-corrected chi connectivity index (χ4v) is 2.54. The van der Waals surface area contributed by atoms with E-state index in [0.717, 1.165) is 5.75 Å². The highest BCUT2D eigenvalue weighted by molar-refractivity contribution is 7.99. The van der Waals surface area contributed by atoms with Gasteiger partial charge in [-0.15, -0.1) is 11.8 Å². The average Bonchev–Trinajstić information content (AvgIpc) is 2.23. The van der Waals surface area contributed by atoms with Crippen LogP contribution in [0.1, 0.15) is 6.92 Å². The van der Waals surface area contributed by atoms with Gasteiger partial charge in [-0.3, -0.25) is 0 Å². The van der Waals surface area contributed by atoms with Crippen LogP contribution < -0.4 is 0 Å². The molecule has 0 saturated carbocycles. The van der Waals surface area contributed by atoms with Crippen molar-refractivity contribution in [3.05, 3.63) is 0 Å². The number of hydrogen-bond donors (Lipinski definition) is 3. The molecule has 6 heteroatoms. The maximum atomic E-state index is 9.83. The van der Waals surface area contributed by atoms with Crippen LogP contribution in [-0.4, -0.2) is 64.6 Å². The summed E-state index contributed by atoms with van der Waals surface area (Å²) >= 11 is 1.43. The van der Waals surface area contributed by atoms with Crippen molar-refractivity contribution in [3.63, 3.8) is 0 Å². The molecular formula is C9H18O5S. The van der Waals surface area contributed by atoms with E-state index in [1.807, 2.05) is 6.92 Å². The first-order chi connectivity index (χ1) is 7.15. The summed E-state index contributed by atoms with van der Waals surface area (Å²) in [4.78, 5) is 0. The van der Waals surface area contributed by atoms with E-state index in [2.05, 4.69) is 0 Å². The zero-order chi connectivity index (χ0) is 11.4. The molecule has 1 fully saturated rings. The van der Waals surface area contributed by atoms with E-state index in [9.17, 15) is 10.2 Å². The molecule has 0 aliphatic carbocycles. The van der Waals surface area contributed by atoms with Gasteiger partial charge < -0.3 is 24.8 Å². The van der Waals surface area contributed by atoms with Gasteiger partial charge in [0.05, 0.1) is 6.61 Å². The predicted octanol–water partition coefficient (Wildman–Crippen LogP) is -0.807. The smallest absolute Gasteiger partial charge is 0.132 e. The van der Waals surface area contributed by atoms with Crippen molar-refractivity contribution < 1.29 is 24.8 Å². The van der Waals surface area contributed by atoms with Gasteiger partial charge in [-0.2, -0.15) is 0 Å². The normalized spacial score (nSPS) is 41.8. The number of aliphatic hydroxyl groups is 3. The largest absolute Gasteiger partial charge is 0.394 e. The van der Waals surface area contributed by atoms with E-state index in [1.54, 1.807) is 0 Å². The quantitative estimate of drug-likeness (QED) is 0.595. The summed E-state index contributed by atoms with van der Waals surface area (Å²) in [6.45, 7) is 1.66. The molecule has 2 unspecified atom stereocenters. The third-order valence-corrected chi connectivity index (χ3v) is 3.48. The molecule has 0 amide bonds. The highest BCUT2D eigenvalue weighted by atomic mass is 32.2. The summed E-state index contributed by atoms with van der Waals surface area (Å²) in [7, 11) is 1.42. The minimum Gasteiger partial charge on any atom is -0.394 e. The van der Waals surface area contributed by atoms with E-state index in [1.165, 1.54) is 18.9 Å². The van der Waals surface area contributed by atoms with Gasteiger partial charge in [-0.1, -0.05) is 6.92 Å². The summed E-state index contributed by atoms with van der Waals surface area (Å²) in [6.07, 6.45) is -3.27. The lowest BCUT2D eigenvalue weighted by Crippen LogP contribution is -2.58. The zero-order valence-electron chi connectivity index (χ0n) is 8.87. The summed E-state index contributed by atoms with van der Waals surface area (Å²) < 4.78 is 10.4. The van der Waals surface area contributed by atoms with Gasteiger partial charge in [0.25, 0.3) is 0 Å². The Hall–Kier alpha value is 0.150. The van der Waals surface area contributed by atoms with E-state index in [4.69, 9.17) is 14.6 Å². The first kappa shape index (κ1) is 13.2. The molecule has 0 aromatic rings. The molecule has 1 heterocycles. The molecule has 1 aliphatic heterocycles. The van der Waals surface area contributed by atoms with Crippen LogP contribution in [0.4, 0.5) is 0 Å². The Morgan fingerprint density at radius 2 is 2.00 bits per heavy atom. The SMILES string of the molecule is CCS[C@@H]1OC(CO)[C@H](O)[C@@H](OC)C1O. The molecular weight excluding hydrogens is 220 g/mol. The third-order valence-electron chi connectivity index (χ3n) is 2.42. The Morgan fingerprint density at radius 3 is 2.47 bits per heavy atom. The second-order valence-electron chi connectivity index (χ2n) is 3.36. The Balaban J connectivity index is 2.70. The molecule has 0 aromatic heterocycles. The molecule has 1 rings (SSSR count). The topological polar surface area (TPSA) is 79.2 Å². The Bertz CT molecular complexity index is 191. The Labute approximate surface area is 93.4 Å². The minimum atomic E-state index is -0.997. The molecule has 0 bridgehead atoms. The molecule has 0 radical (unpaired) electrons. The number of aliphatic hydroxyl groups excluding tert-OH is 3. The molecule has 1 saturated heterocycles. The lowest BCUT2D eigenvalue weighted by Gasteiger charge is -2.41. The second kappa shape index (κ2) is 6.03. The van der Waals surface area contributed by atoms with Crippen LogP contribution in [0.15, 0.2) is 0 Å². The number of hydrogen-bond acceptors (Lipinski definition) is 6. The van der Waals surface area contributed by atoms with Crippen LogP contribution in [0.25, 0.3) is 0 Å². The van der Waals surface area contributed by atoms with Crippen LogP contribution in [0.3, 0.4) is 0 Å². The van der Waals surface area contributed by atoms with Crippen LogP contribution in [0.2, 0.25) is 0 Å². The average molecular weight is 238 g/mol. The Kier molecular flexibility index (Phi) is 5.31. The summed E-state index contributed by atoms with van der Waals surface area (Å²) in [5, 5.41) is 28.6. The maximum absolute atomic E-state index is 9.83. The van der Waals surface area contributed by atoms with Crippen molar-refractivity contribution in [1.29, 1.82) is 0 Å². The van der Waals surface area contributed by atoms with Gasteiger partial charge in [0.2, 0.25) is 0 Å². The standard InChI is InChI=1S/C9H18O5S/c1-3-15-9-7(12)8(13-2)6(11)5(4-10)14-9/h5-12H,3-4H2,1-2H3/t5?,6-,7?,8+,9-/m0/s1. The highest BCUT2D eigenvalue weighted by Gasteiger charge is 2.44. The maximum Gasteiger partial charge on any atom is 0.132 e. The molecule has 1 aliphatic rings. The molecule has 0 spiro atoms. The van der Waals surface area contributed by atoms with Gasteiger partial charge in [0, 0.05) is 7.11 Å². The van der Waals surface area contributed by atoms with Crippen LogP contribution in [-0.2, 0) is 9.47 Å². The van der Waals surface area contributed by atoms with Crippen molar-refractivity contribution in [2.24, 2.45) is 0 Å². The van der Waals surface area contributed by atoms with Crippen molar-refractivity contribution in [1.82, 2.24) is 0 Å². The molecule has 5 nitrogen and oxygen atoms in total. The molecule has 90 valence electrons. The van der Waals surface area contributed by atoms with E-state index in [-0.39, 0.29) is 6.61 Å². The lowest BCUT2D eigenvalue weighted by atomic mass is 10.0. The number of ether oxygens (including phenoxy) is 2. The van der Waals surface area contributed by atoms with Gasteiger partial charge in [-0.25, -0.2) is 0 Å². The summed E-state index contributed by atoms with van der Waals surface area (Å²) in [5.74, 6) is 0.784. The first-order valence-corrected chi connectivity index (χ1v) is 5.97. The van der Waals surface area contributed by atoms with Gasteiger partial charge in [-0.05, 0) is 5.75 Å². The van der Waals surface area contributed by atoms with Crippen LogP contribution in [0, 0.1) is 0 Å². The molecule has 0 aromatic carbocycles. The van der Waals surface area contributed by atoms with Gasteiger partial charge >= 0.3 is 0 Å². The fourth-order valence-electron chi connectivity index (χ4n) is 1.63. The van der Waals surface area contributed by atoms with Gasteiger partial charge in [0.15, 0.2) is 0 Å².